The first kappa shape index (κ1) is 23.8. The fourth-order valence-corrected chi connectivity index (χ4v) is 3.22. The molecule has 11 nitrogen and oxygen atoms in total. The number of rotatable bonds is 8. The standard InChI is InChI=1S/C19H22N4O7S/c1-12-5-4-6-13(2)19(12)21-17(24)10-22(3)18(25)11-30-16-8-7-14(31(20,28)29)9-15(16)23(26)27/h4-9H,10-11H2,1-3H3,(H,21,24)(H2,20,28,29). The zero-order valence-corrected chi connectivity index (χ0v) is 17.9. The number of sulfonamides is 1. The average Bonchev–Trinajstić information content (AvgIpc) is 2.68. The van der Waals surface area contributed by atoms with Gasteiger partial charge in [-0.2, -0.15) is 0 Å². The SMILES string of the molecule is Cc1cccc(C)c1NC(=O)CN(C)C(=O)COc1ccc(S(N)(=O)=O)cc1[N+](=O)[O-]. The van der Waals surface area contributed by atoms with Gasteiger partial charge in [0.2, 0.25) is 15.9 Å². The molecule has 0 heterocycles. The normalized spacial score (nSPS) is 11.0. The summed E-state index contributed by atoms with van der Waals surface area (Å²) in [7, 11) is -2.76. The third kappa shape index (κ3) is 6.23. The van der Waals surface area contributed by atoms with Gasteiger partial charge in [0.25, 0.3) is 5.91 Å². The highest BCUT2D eigenvalue weighted by Gasteiger charge is 2.22. The van der Waals surface area contributed by atoms with Gasteiger partial charge in [-0.1, -0.05) is 18.2 Å². The molecule has 2 amide bonds. The highest BCUT2D eigenvalue weighted by atomic mass is 32.2. The van der Waals surface area contributed by atoms with E-state index in [-0.39, 0.29) is 12.3 Å². The van der Waals surface area contributed by atoms with Gasteiger partial charge >= 0.3 is 5.69 Å². The van der Waals surface area contributed by atoms with Crippen LogP contribution in [-0.4, -0.2) is 50.3 Å². The van der Waals surface area contributed by atoms with E-state index < -0.39 is 44.0 Å². The Morgan fingerprint density at radius 2 is 1.81 bits per heavy atom. The van der Waals surface area contributed by atoms with Gasteiger partial charge in [-0.05, 0) is 37.1 Å². The topological polar surface area (TPSA) is 162 Å². The number of benzene rings is 2. The second-order valence-electron chi connectivity index (χ2n) is 6.79. The third-order valence-corrected chi connectivity index (χ3v) is 5.27. The number of nitrogens with zero attached hydrogens (tertiary/aromatic N) is 2. The van der Waals surface area contributed by atoms with Gasteiger partial charge < -0.3 is 15.0 Å². The molecule has 0 spiro atoms. The van der Waals surface area contributed by atoms with Crippen molar-refractivity contribution < 1.29 is 27.7 Å². The zero-order chi connectivity index (χ0) is 23.3. The van der Waals surface area contributed by atoms with Gasteiger partial charge in [0.15, 0.2) is 12.4 Å². The van der Waals surface area contributed by atoms with Crippen molar-refractivity contribution in [3.8, 4) is 5.75 Å². The Morgan fingerprint density at radius 3 is 2.35 bits per heavy atom. The number of nitrogens with two attached hydrogens (primary N) is 1. The summed E-state index contributed by atoms with van der Waals surface area (Å²) in [6, 6.07) is 8.38. The molecule has 2 aromatic rings. The first-order valence-electron chi connectivity index (χ1n) is 8.94. The van der Waals surface area contributed by atoms with Gasteiger partial charge in [0, 0.05) is 18.8 Å². The smallest absolute Gasteiger partial charge is 0.312 e. The van der Waals surface area contributed by atoms with Crippen LogP contribution in [0.15, 0.2) is 41.3 Å². The number of likely N-dealkylation sites (N-methyl/N-ethyl adjacent to an activating group) is 1. The van der Waals surface area contributed by atoms with E-state index in [0.29, 0.717) is 5.69 Å². The Hall–Kier alpha value is -3.51. The molecule has 166 valence electrons. The number of nitro benzene ring substituents is 1. The van der Waals surface area contributed by atoms with E-state index in [9.17, 15) is 28.1 Å². The maximum Gasteiger partial charge on any atom is 0.312 e. The number of hydrogen-bond donors (Lipinski definition) is 2. The van der Waals surface area contributed by atoms with Crippen LogP contribution < -0.4 is 15.2 Å². The van der Waals surface area contributed by atoms with Crippen LogP contribution >= 0.6 is 0 Å². The fourth-order valence-electron chi connectivity index (χ4n) is 2.68. The number of carbonyl (C=O) groups excluding carboxylic acids is 2. The highest BCUT2D eigenvalue weighted by Crippen LogP contribution is 2.29. The number of nitrogens with one attached hydrogen (secondary N) is 1. The average molecular weight is 450 g/mol. The molecule has 0 saturated heterocycles. The number of amides is 2. The zero-order valence-electron chi connectivity index (χ0n) is 17.1. The van der Waals surface area contributed by atoms with Crippen molar-refractivity contribution in [3.05, 3.63) is 57.6 Å². The van der Waals surface area contributed by atoms with Crippen molar-refractivity contribution in [2.45, 2.75) is 18.7 Å². The Kier molecular flexibility index (Phi) is 7.31. The fraction of sp³-hybridized carbons (Fsp3) is 0.263. The Bertz CT molecular complexity index is 1110. The van der Waals surface area contributed by atoms with Crippen molar-refractivity contribution in [2.24, 2.45) is 5.14 Å². The van der Waals surface area contributed by atoms with Crippen LogP contribution in [0.25, 0.3) is 0 Å². The predicted octanol–water partition coefficient (Wildman–Crippen LogP) is 1.33. The van der Waals surface area contributed by atoms with Crippen molar-refractivity contribution in [1.82, 2.24) is 4.90 Å². The molecule has 0 atom stereocenters. The number of carbonyl (C=O) groups is 2. The molecule has 0 saturated carbocycles. The second kappa shape index (κ2) is 9.53. The van der Waals surface area contributed by atoms with Crippen LogP contribution in [0.2, 0.25) is 0 Å². The lowest BCUT2D eigenvalue weighted by atomic mass is 10.1. The molecule has 0 aliphatic rings. The lowest BCUT2D eigenvalue weighted by Crippen LogP contribution is -2.37. The van der Waals surface area contributed by atoms with E-state index >= 15 is 0 Å². The molecule has 0 aromatic heterocycles. The predicted molar refractivity (Wildman–Crippen MR) is 112 cm³/mol. The van der Waals surface area contributed by atoms with Crippen LogP contribution in [0.3, 0.4) is 0 Å². The number of aryl methyl sites for hydroxylation is 2. The van der Waals surface area contributed by atoms with Gasteiger partial charge in [0.1, 0.15) is 0 Å². The van der Waals surface area contributed by atoms with Crippen LogP contribution in [0.4, 0.5) is 11.4 Å². The summed E-state index contributed by atoms with van der Waals surface area (Å²) in [5.41, 5.74) is 1.76. The van der Waals surface area contributed by atoms with Crippen molar-refractivity contribution in [2.75, 3.05) is 25.5 Å². The molecule has 0 radical (unpaired) electrons. The molecule has 2 aromatic carbocycles. The Balaban J connectivity index is 2.02. The Morgan fingerprint density at radius 1 is 1.19 bits per heavy atom. The van der Waals surface area contributed by atoms with E-state index in [1.165, 1.54) is 7.05 Å². The molecule has 2 rings (SSSR count). The van der Waals surface area contributed by atoms with Crippen molar-refractivity contribution in [1.29, 1.82) is 0 Å². The van der Waals surface area contributed by atoms with Crippen LogP contribution in [0.1, 0.15) is 11.1 Å². The number of primary sulfonamides is 1. The van der Waals surface area contributed by atoms with E-state index in [0.717, 1.165) is 34.2 Å². The van der Waals surface area contributed by atoms with Crippen molar-refractivity contribution in [3.63, 3.8) is 0 Å². The second-order valence-corrected chi connectivity index (χ2v) is 8.35. The van der Waals surface area contributed by atoms with E-state index in [1.807, 2.05) is 32.0 Å². The lowest BCUT2D eigenvalue weighted by Gasteiger charge is -2.18. The van der Waals surface area contributed by atoms with Crippen LogP contribution in [0, 0.1) is 24.0 Å². The lowest BCUT2D eigenvalue weighted by molar-refractivity contribution is -0.386. The maximum atomic E-state index is 12.3. The Labute approximate surface area is 179 Å². The maximum absolute atomic E-state index is 12.3. The van der Waals surface area contributed by atoms with Gasteiger partial charge in [-0.25, -0.2) is 13.6 Å². The molecular formula is C19H22N4O7S. The molecule has 0 unspecified atom stereocenters. The summed E-state index contributed by atoms with van der Waals surface area (Å²) < 4.78 is 27.9. The van der Waals surface area contributed by atoms with E-state index in [4.69, 9.17) is 9.88 Å². The summed E-state index contributed by atoms with van der Waals surface area (Å²) in [5.74, 6) is -1.34. The van der Waals surface area contributed by atoms with Gasteiger partial charge in [-0.15, -0.1) is 0 Å². The monoisotopic (exact) mass is 450 g/mol. The summed E-state index contributed by atoms with van der Waals surface area (Å²) in [5, 5.41) is 18.9. The minimum atomic E-state index is -4.15. The number of anilines is 1. The molecule has 12 heteroatoms. The van der Waals surface area contributed by atoms with Crippen LogP contribution in [-0.2, 0) is 19.6 Å². The molecule has 0 bridgehead atoms. The molecular weight excluding hydrogens is 428 g/mol. The molecule has 31 heavy (non-hydrogen) atoms. The summed E-state index contributed by atoms with van der Waals surface area (Å²) in [6.07, 6.45) is 0. The summed E-state index contributed by atoms with van der Waals surface area (Å²) >= 11 is 0. The number of hydrogen-bond acceptors (Lipinski definition) is 7. The molecule has 0 aliphatic heterocycles. The molecule has 3 N–H and O–H groups in total. The minimum Gasteiger partial charge on any atom is -0.477 e. The third-order valence-electron chi connectivity index (χ3n) is 4.36. The van der Waals surface area contributed by atoms with Gasteiger partial charge in [-0.3, -0.25) is 19.7 Å². The number of para-hydroxylation sites is 1. The van der Waals surface area contributed by atoms with Crippen LogP contribution in [0.5, 0.6) is 5.75 Å². The van der Waals surface area contributed by atoms with Gasteiger partial charge in [0.05, 0.1) is 16.4 Å². The number of ether oxygens (including phenoxy) is 1. The number of nitro groups is 1. The largest absolute Gasteiger partial charge is 0.477 e. The summed E-state index contributed by atoms with van der Waals surface area (Å²) in [4.78, 5) is 35.5. The van der Waals surface area contributed by atoms with Crippen molar-refractivity contribution >= 4 is 33.2 Å². The molecule has 0 fully saturated rings. The molecule has 0 aliphatic carbocycles. The minimum absolute atomic E-state index is 0.261. The van der Waals surface area contributed by atoms with E-state index in [1.54, 1.807) is 0 Å². The first-order valence-corrected chi connectivity index (χ1v) is 10.5. The first-order chi connectivity index (χ1) is 14.4. The van der Waals surface area contributed by atoms with E-state index in [2.05, 4.69) is 5.32 Å². The highest BCUT2D eigenvalue weighted by molar-refractivity contribution is 7.89. The summed E-state index contributed by atoms with van der Waals surface area (Å²) in [6.45, 7) is 2.84. The quantitative estimate of drug-likeness (QED) is 0.453.